The van der Waals surface area contributed by atoms with Crippen molar-refractivity contribution in [1.29, 1.82) is 0 Å². The van der Waals surface area contributed by atoms with Crippen LogP contribution in [0.1, 0.15) is 25.3 Å². The SMILES string of the molecule is CC(=O)C(Br)C(C)c1ccc(Br)cc1. The van der Waals surface area contributed by atoms with Gasteiger partial charge < -0.3 is 0 Å². The second-order valence-electron chi connectivity index (χ2n) is 3.35. The van der Waals surface area contributed by atoms with Gasteiger partial charge in [0.1, 0.15) is 5.78 Å². The van der Waals surface area contributed by atoms with Gasteiger partial charge in [0.15, 0.2) is 0 Å². The average molecular weight is 320 g/mol. The van der Waals surface area contributed by atoms with Gasteiger partial charge in [-0.3, -0.25) is 4.79 Å². The summed E-state index contributed by atoms with van der Waals surface area (Å²) in [6.07, 6.45) is 0. The predicted octanol–water partition coefficient (Wildman–Crippen LogP) is 3.91. The van der Waals surface area contributed by atoms with E-state index < -0.39 is 0 Å². The molecule has 2 unspecified atom stereocenters. The molecule has 76 valence electrons. The summed E-state index contributed by atoms with van der Waals surface area (Å²) in [6.45, 7) is 3.65. The Bertz CT molecular complexity index is 319. The molecule has 0 N–H and O–H groups in total. The number of hydrogen-bond donors (Lipinski definition) is 0. The number of carbonyl (C=O) groups is 1. The average Bonchev–Trinajstić information content (AvgIpc) is 2.16. The van der Waals surface area contributed by atoms with E-state index >= 15 is 0 Å². The van der Waals surface area contributed by atoms with E-state index in [1.165, 1.54) is 5.56 Å². The highest BCUT2D eigenvalue weighted by Crippen LogP contribution is 2.26. The third-order valence-electron chi connectivity index (χ3n) is 2.22. The van der Waals surface area contributed by atoms with Crippen LogP contribution in [0.2, 0.25) is 0 Å². The molecule has 0 aliphatic heterocycles. The third kappa shape index (κ3) is 2.92. The van der Waals surface area contributed by atoms with Crippen LogP contribution in [-0.2, 0) is 4.79 Å². The third-order valence-corrected chi connectivity index (χ3v) is 4.19. The Morgan fingerprint density at radius 3 is 2.21 bits per heavy atom. The Kier molecular flexibility index (Phi) is 4.32. The molecule has 0 aliphatic carbocycles. The molecule has 0 heterocycles. The van der Waals surface area contributed by atoms with Gasteiger partial charge in [-0.2, -0.15) is 0 Å². The summed E-state index contributed by atoms with van der Waals surface area (Å²) >= 11 is 6.78. The fraction of sp³-hybridized carbons (Fsp3) is 0.364. The number of benzene rings is 1. The van der Waals surface area contributed by atoms with Crippen molar-refractivity contribution in [1.82, 2.24) is 0 Å². The monoisotopic (exact) mass is 318 g/mol. The molecule has 2 atom stereocenters. The summed E-state index contributed by atoms with van der Waals surface area (Å²) < 4.78 is 1.06. The second-order valence-corrected chi connectivity index (χ2v) is 5.25. The summed E-state index contributed by atoms with van der Waals surface area (Å²) in [5.74, 6) is 0.376. The predicted molar refractivity (Wildman–Crippen MR) is 66.0 cm³/mol. The van der Waals surface area contributed by atoms with E-state index in [2.05, 4.69) is 31.9 Å². The first kappa shape index (κ1) is 11.9. The van der Waals surface area contributed by atoms with Gasteiger partial charge in [-0.25, -0.2) is 0 Å². The topological polar surface area (TPSA) is 17.1 Å². The number of hydrogen-bond acceptors (Lipinski definition) is 1. The van der Waals surface area contributed by atoms with E-state index in [4.69, 9.17) is 0 Å². The highest BCUT2D eigenvalue weighted by atomic mass is 79.9. The van der Waals surface area contributed by atoms with E-state index in [9.17, 15) is 4.79 Å². The van der Waals surface area contributed by atoms with Gasteiger partial charge in [0, 0.05) is 10.4 Å². The normalized spacial score (nSPS) is 14.9. The van der Waals surface area contributed by atoms with Gasteiger partial charge in [0.25, 0.3) is 0 Å². The molecule has 0 radical (unpaired) electrons. The minimum atomic E-state index is -0.0938. The molecule has 0 saturated heterocycles. The quantitative estimate of drug-likeness (QED) is 0.772. The Hall–Kier alpha value is -0.150. The van der Waals surface area contributed by atoms with Crippen LogP contribution in [0.3, 0.4) is 0 Å². The minimum Gasteiger partial charge on any atom is -0.299 e. The lowest BCUT2D eigenvalue weighted by Crippen LogP contribution is -2.17. The van der Waals surface area contributed by atoms with Crippen molar-refractivity contribution in [2.45, 2.75) is 24.6 Å². The van der Waals surface area contributed by atoms with Crippen molar-refractivity contribution in [3.8, 4) is 0 Å². The smallest absolute Gasteiger partial charge is 0.144 e. The maximum absolute atomic E-state index is 11.2. The van der Waals surface area contributed by atoms with Crippen molar-refractivity contribution in [2.75, 3.05) is 0 Å². The van der Waals surface area contributed by atoms with Crippen molar-refractivity contribution >= 4 is 37.6 Å². The van der Waals surface area contributed by atoms with Crippen LogP contribution in [-0.4, -0.2) is 10.6 Å². The van der Waals surface area contributed by atoms with Crippen LogP contribution < -0.4 is 0 Å². The number of ketones is 1. The zero-order valence-electron chi connectivity index (χ0n) is 8.13. The zero-order valence-corrected chi connectivity index (χ0v) is 11.3. The Balaban J connectivity index is 2.84. The number of rotatable bonds is 3. The molecule has 1 aromatic rings. The van der Waals surface area contributed by atoms with Gasteiger partial charge in [-0.15, -0.1) is 0 Å². The van der Waals surface area contributed by atoms with Gasteiger partial charge in [-0.1, -0.05) is 50.9 Å². The molecule has 3 heteroatoms. The first-order valence-corrected chi connectivity index (χ1v) is 6.13. The lowest BCUT2D eigenvalue weighted by Gasteiger charge is -2.15. The Labute approximate surface area is 101 Å². The van der Waals surface area contributed by atoms with E-state index in [-0.39, 0.29) is 16.5 Å². The van der Waals surface area contributed by atoms with E-state index in [1.54, 1.807) is 6.92 Å². The van der Waals surface area contributed by atoms with Crippen LogP contribution in [0.5, 0.6) is 0 Å². The van der Waals surface area contributed by atoms with Crippen LogP contribution >= 0.6 is 31.9 Å². The molecule has 1 nitrogen and oxygen atoms in total. The summed E-state index contributed by atoms with van der Waals surface area (Å²) in [6, 6.07) is 8.05. The van der Waals surface area contributed by atoms with Crippen LogP contribution in [0.4, 0.5) is 0 Å². The molecular formula is C11H12Br2O. The van der Waals surface area contributed by atoms with Gasteiger partial charge in [0.2, 0.25) is 0 Å². The molecular weight excluding hydrogens is 308 g/mol. The molecule has 0 spiro atoms. The molecule has 0 aromatic heterocycles. The number of Topliss-reactive ketones (excluding diaryl/α,β-unsaturated/α-hetero) is 1. The van der Waals surface area contributed by atoms with Gasteiger partial charge in [-0.05, 0) is 24.6 Å². The first-order valence-electron chi connectivity index (χ1n) is 4.42. The van der Waals surface area contributed by atoms with Crippen LogP contribution in [0.25, 0.3) is 0 Å². The molecule has 0 bridgehead atoms. The minimum absolute atomic E-state index is 0.0938. The zero-order chi connectivity index (χ0) is 10.7. The Morgan fingerprint density at radius 1 is 1.29 bits per heavy atom. The number of carbonyl (C=O) groups excluding carboxylic acids is 1. The van der Waals surface area contributed by atoms with Gasteiger partial charge >= 0.3 is 0 Å². The lowest BCUT2D eigenvalue weighted by molar-refractivity contribution is -0.116. The molecule has 0 fully saturated rings. The number of halogens is 2. The van der Waals surface area contributed by atoms with Crippen molar-refractivity contribution in [3.05, 3.63) is 34.3 Å². The maximum Gasteiger partial charge on any atom is 0.144 e. The molecule has 1 aromatic carbocycles. The standard InChI is InChI=1S/C11H12Br2O/c1-7(11(13)8(2)14)9-3-5-10(12)6-4-9/h3-7,11H,1-2H3. The number of alkyl halides is 1. The fourth-order valence-electron chi connectivity index (χ4n) is 1.29. The summed E-state index contributed by atoms with van der Waals surface area (Å²) in [4.78, 5) is 11.1. The lowest BCUT2D eigenvalue weighted by atomic mass is 9.96. The summed E-state index contributed by atoms with van der Waals surface area (Å²) in [5, 5.41) is 0. The maximum atomic E-state index is 11.2. The molecule has 1 rings (SSSR count). The van der Waals surface area contributed by atoms with Gasteiger partial charge in [0.05, 0.1) is 4.83 Å². The Morgan fingerprint density at radius 2 is 1.79 bits per heavy atom. The molecule has 0 saturated carbocycles. The summed E-state index contributed by atoms with van der Waals surface area (Å²) in [5.41, 5.74) is 1.17. The first-order chi connectivity index (χ1) is 6.52. The second kappa shape index (κ2) is 5.08. The fourth-order valence-corrected chi connectivity index (χ4v) is 1.86. The summed E-state index contributed by atoms with van der Waals surface area (Å²) in [7, 11) is 0. The highest BCUT2D eigenvalue weighted by molar-refractivity contribution is 9.10. The van der Waals surface area contributed by atoms with Crippen molar-refractivity contribution < 1.29 is 4.79 Å². The molecule has 14 heavy (non-hydrogen) atoms. The van der Waals surface area contributed by atoms with Crippen LogP contribution in [0.15, 0.2) is 28.7 Å². The highest BCUT2D eigenvalue weighted by Gasteiger charge is 2.19. The molecule has 0 aliphatic rings. The van der Waals surface area contributed by atoms with E-state index in [0.717, 1.165) is 4.47 Å². The van der Waals surface area contributed by atoms with Crippen molar-refractivity contribution in [2.24, 2.45) is 0 Å². The van der Waals surface area contributed by atoms with E-state index in [1.807, 2.05) is 31.2 Å². The van der Waals surface area contributed by atoms with Crippen molar-refractivity contribution in [3.63, 3.8) is 0 Å². The molecule has 0 amide bonds. The largest absolute Gasteiger partial charge is 0.299 e. The van der Waals surface area contributed by atoms with E-state index in [0.29, 0.717) is 0 Å². The van der Waals surface area contributed by atoms with Crippen LogP contribution in [0, 0.1) is 0 Å².